The molecule has 2 rings (SSSR count). The van der Waals surface area contributed by atoms with Gasteiger partial charge in [-0.25, -0.2) is 8.78 Å². The van der Waals surface area contributed by atoms with E-state index >= 15 is 0 Å². The summed E-state index contributed by atoms with van der Waals surface area (Å²) >= 11 is 0. The second kappa shape index (κ2) is 4.66. The number of hydrogen-bond acceptors (Lipinski definition) is 0. The van der Waals surface area contributed by atoms with Crippen molar-refractivity contribution in [1.29, 1.82) is 0 Å². The minimum absolute atomic E-state index is 0.0341. The lowest BCUT2D eigenvalue weighted by atomic mass is 9.96. The van der Waals surface area contributed by atoms with Crippen LogP contribution in [0.3, 0.4) is 0 Å². The van der Waals surface area contributed by atoms with Crippen LogP contribution >= 0.6 is 0 Å². The highest BCUT2D eigenvalue weighted by Crippen LogP contribution is 2.28. The van der Waals surface area contributed by atoms with Crippen LogP contribution in [0.2, 0.25) is 0 Å². The van der Waals surface area contributed by atoms with Crippen molar-refractivity contribution in [3.63, 3.8) is 0 Å². The van der Waals surface area contributed by atoms with Gasteiger partial charge in [0.15, 0.2) is 11.6 Å². The second-order valence-corrected chi connectivity index (χ2v) is 4.38. The molecule has 0 aliphatic carbocycles. The Labute approximate surface area is 99.9 Å². The topological polar surface area (TPSA) is 0 Å². The molecule has 0 saturated carbocycles. The Bertz CT molecular complexity index is 516. The van der Waals surface area contributed by atoms with Gasteiger partial charge in [0.1, 0.15) is 0 Å². The van der Waals surface area contributed by atoms with E-state index in [1.165, 1.54) is 6.07 Å². The molecule has 0 amide bonds. The van der Waals surface area contributed by atoms with E-state index in [0.717, 1.165) is 5.56 Å². The van der Waals surface area contributed by atoms with Crippen LogP contribution in [0.25, 0.3) is 11.1 Å². The highest BCUT2D eigenvalue weighted by Gasteiger charge is 2.13. The molecule has 0 aliphatic heterocycles. The third-order valence-corrected chi connectivity index (χ3v) is 2.79. The number of benzene rings is 2. The van der Waals surface area contributed by atoms with Crippen LogP contribution in [0.1, 0.15) is 25.3 Å². The number of rotatable bonds is 2. The molecule has 0 atom stereocenters. The lowest BCUT2D eigenvalue weighted by molar-refractivity contribution is 0.494. The first-order valence-electron chi connectivity index (χ1n) is 5.64. The van der Waals surface area contributed by atoms with Crippen molar-refractivity contribution >= 4 is 0 Å². The molecule has 0 fully saturated rings. The minimum Gasteiger partial charge on any atom is -0.204 e. The van der Waals surface area contributed by atoms with E-state index in [9.17, 15) is 8.78 Å². The highest BCUT2D eigenvalue weighted by molar-refractivity contribution is 5.64. The summed E-state index contributed by atoms with van der Waals surface area (Å²) in [4.78, 5) is 0. The molecule has 0 radical (unpaired) electrons. The fourth-order valence-electron chi connectivity index (χ4n) is 1.83. The summed E-state index contributed by atoms with van der Waals surface area (Å²) in [5, 5.41) is 0. The fourth-order valence-corrected chi connectivity index (χ4v) is 1.83. The molecule has 0 nitrogen and oxygen atoms in total. The van der Waals surface area contributed by atoms with Crippen LogP contribution in [0.5, 0.6) is 0 Å². The Morgan fingerprint density at radius 2 is 1.53 bits per heavy atom. The number of hydrogen-bond donors (Lipinski definition) is 0. The Morgan fingerprint density at radius 1 is 0.882 bits per heavy atom. The van der Waals surface area contributed by atoms with Crippen molar-refractivity contribution in [3.05, 3.63) is 59.7 Å². The van der Waals surface area contributed by atoms with E-state index in [-0.39, 0.29) is 5.92 Å². The van der Waals surface area contributed by atoms with Gasteiger partial charge < -0.3 is 0 Å². The van der Waals surface area contributed by atoms with Crippen LogP contribution < -0.4 is 0 Å². The zero-order valence-corrected chi connectivity index (χ0v) is 9.87. The summed E-state index contributed by atoms with van der Waals surface area (Å²) in [5.41, 5.74) is 2.03. The van der Waals surface area contributed by atoms with E-state index in [4.69, 9.17) is 0 Å². The molecule has 0 aromatic heterocycles. The van der Waals surface area contributed by atoms with Crippen molar-refractivity contribution in [3.8, 4) is 11.1 Å². The maximum Gasteiger partial charge on any atom is 0.162 e. The molecule has 0 heterocycles. The molecule has 2 aromatic carbocycles. The van der Waals surface area contributed by atoms with Gasteiger partial charge >= 0.3 is 0 Å². The maximum atomic E-state index is 13.6. The smallest absolute Gasteiger partial charge is 0.162 e. The lowest BCUT2D eigenvalue weighted by Crippen LogP contribution is -1.97. The van der Waals surface area contributed by atoms with Crippen molar-refractivity contribution in [2.24, 2.45) is 0 Å². The van der Waals surface area contributed by atoms with E-state index in [2.05, 4.69) is 0 Å². The van der Waals surface area contributed by atoms with Gasteiger partial charge in [-0.1, -0.05) is 44.2 Å². The zero-order chi connectivity index (χ0) is 12.4. The molecule has 0 aliphatic rings. The van der Waals surface area contributed by atoms with Crippen molar-refractivity contribution in [2.45, 2.75) is 19.8 Å². The molecular weight excluding hydrogens is 218 g/mol. The van der Waals surface area contributed by atoms with Gasteiger partial charge in [0, 0.05) is 0 Å². The molecule has 0 spiro atoms. The molecule has 2 heteroatoms. The minimum atomic E-state index is -0.782. The van der Waals surface area contributed by atoms with Gasteiger partial charge in [-0.2, -0.15) is 0 Å². The summed E-state index contributed by atoms with van der Waals surface area (Å²) in [6.07, 6.45) is 0. The zero-order valence-electron chi connectivity index (χ0n) is 9.87. The van der Waals surface area contributed by atoms with E-state index in [1.807, 2.05) is 44.2 Å². The summed E-state index contributed by atoms with van der Waals surface area (Å²) in [6.45, 7) is 3.71. The van der Waals surface area contributed by atoms with Crippen molar-refractivity contribution in [1.82, 2.24) is 0 Å². The fraction of sp³-hybridized carbons (Fsp3) is 0.200. The standard InChI is InChI=1S/C15H14F2/c1-10(2)13-8-12(9-14(16)15(13)17)11-6-4-3-5-7-11/h3-10H,1-2H3. The number of halogens is 2. The van der Waals surface area contributed by atoms with Crippen LogP contribution in [-0.2, 0) is 0 Å². The van der Waals surface area contributed by atoms with Crippen LogP contribution in [-0.4, -0.2) is 0 Å². The van der Waals surface area contributed by atoms with Gasteiger partial charge in [-0.05, 0) is 34.7 Å². The predicted octanol–water partition coefficient (Wildman–Crippen LogP) is 4.76. The Balaban J connectivity index is 2.57. The molecular formula is C15H14F2. The van der Waals surface area contributed by atoms with E-state index in [0.29, 0.717) is 11.1 Å². The summed E-state index contributed by atoms with van der Waals surface area (Å²) in [6, 6.07) is 12.4. The lowest BCUT2D eigenvalue weighted by Gasteiger charge is -2.11. The third-order valence-electron chi connectivity index (χ3n) is 2.79. The van der Waals surface area contributed by atoms with Gasteiger partial charge in [-0.3, -0.25) is 0 Å². The molecule has 2 aromatic rings. The largest absolute Gasteiger partial charge is 0.204 e. The van der Waals surface area contributed by atoms with Crippen LogP contribution in [0.4, 0.5) is 8.78 Å². The first kappa shape index (κ1) is 11.8. The third kappa shape index (κ3) is 2.36. The van der Waals surface area contributed by atoms with Crippen molar-refractivity contribution in [2.75, 3.05) is 0 Å². The monoisotopic (exact) mass is 232 g/mol. The second-order valence-electron chi connectivity index (χ2n) is 4.38. The summed E-state index contributed by atoms with van der Waals surface area (Å²) < 4.78 is 27.1. The van der Waals surface area contributed by atoms with E-state index < -0.39 is 11.6 Å². The Hall–Kier alpha value is -1.70. The average molecular weight is 232 g/mol. The van der Waals surface area contributed by atoms with Gasteiger partial charge in [-0.15, -0.1) is 0 Å². The molecule has 0 bridgehead atoms. The van der Waals surface area contributed by atoms with E-state index in [1.54, 1.807) is 6.07 Å². The Kier molecular flexibility index (Phi) is 3.23. The van der Waals surface area contributed by atoms with Crippen LogP contribution in [0.15, 0.2) is 42.5 Å². The summed E-state index contributed by atoms with van der Waals surface area (Å²) in [7, 11) is 0. The van der Waals surface area contributed by atoms with Gasteiger partial charge in [0.05, 0.1) is 0 Å². The molecule has 17 heavy (non-hydrogen) atoms. The quantitative estimate of drug-likeness (QED) is 0.700. The molecule has 0 unspecified atom stereocenters. The maximum absolute atomic E-state index is 13.6. The van der Waals surface area contributed by atoms with Gasteiger partial charge in [0.2, 0.25) is 0 Å². The molecule has 0 N–H and O–H groups in total. The molecule has 88 valence electrons. The summed E-state index contributed by atoms with van der Waals surface area (Å²) in [5.74, 6) is -1.55. The van der Waals surface area contributed by atoms with Crippen LogP contribution in [0, 0.1) is 11.6 Å². The average Bonchev–Trinajstić information content (AvgIpc) is 2.33. The highest BCUT2D eigenvalue weighted by atomic mass is 19.2. The van der Waals surface area contributed by atoms with Crippen molar-refractivity contribution < 1.29 is 8.78 Å². The first-order valence-corrected chi connectivity index (χ1v) is 5.64. The Morgan fingerprint density at radius 3 is 2.12 bits per heavy atom. The van der Waals surface area contributed by atoms with Gasteiger partial charge in [0.25, 0.3) is 0 Å². The normalized spacial score (nSPS) is 10.9. The first-order chi connectivity index (χ1) is 8.09. The predicted molar refractivity (Wildman–Crippen MR) is 65.9 cm³/mol. The SMILES string of the molecule is CC(C)c1cc(-c2ccccc2)cc(F)c1F. The molecule has 0 saturated heterocycles.